The lowest BCUT2D eigenvalue weighted by atomic mass is 10.1. The lowest BCUT2D eigenvalue weighted by Gasteiger charge is -2.36. The molecule has 0 aliphatic carbocycles. The average Bonchev–Trinajstić information content (AvgIpc) is 2.58. The van der Waals surface area contributed by atoms with Crippen molar-refractivity contribution in [1.29, 1.82) is 0 Å². The van der Waals surface area contributed by atoms with Crippen LogP contribution in [0, 0.1) is 6.92 Å². The Morgan fingerprint density at radius 2 is 1.61 bits per heavy atom. The van der Waals surface area contributed by atoms with Gasteiger partial charge in [-0.15, -0.1) is 0 Å². The normalized spacial score (nSPS) is 14.4. The average molecular weight is 423 g/mol. The SMILES string of the molecule is C/C(=C\CS(=O)(=O)c1ccc(C)cc1)CC/C=C(\C)CO[Si](C)(C)C(C)(C)C. The van der Waals surface area contributed by atoms with E-state index < -0.39 is 18.2 Å². The first-order valence-electron chi connectivity index (χ1n) is 9.99. The van der Waals surface area contributed by atoms with Gasteiger partial charge in [0.25, 0.3) is 0 Å². The van der Waals surface area contributed by atoms with Gasteiger partial charge < -0.3 is 4.43 Å². The molecule has 0 unspecified atom stereocenters. The van der Waals surface area contributed by atoms with Crippen LogP contribution in [0.4, 0.5) is 0 Å². The van der Waals surface area contributed by atoms with Gasteiger partial charge in [-0.25, -0.2) is 8.42 Å². The Morgan fingerprint density at radius 3 is 2.14 bits per heavy atom. The van der Waals surface area contributed by atoms with Crippen LogP contribution < -0.4 is 0 Å². The summed E-state index contributed by atoms with van der Waals surface area (Å²) in [5.74, 6) is 0.0546. The van der Waals surface area contributed by atoms with Crippen molar-refractivity contribution in [3.63, 3.8) is 0 Å². The topological polar surface area (TPSA) is 43.4 Å². The van der Waals surface area contributed by atoms with Gasteiger partial charge in [0.05, 0.1) is 17.3 Å². The van der Waals surface area contributed by atoms with E-state index in [-0.39, 0.29) is 10.8 Å². The number of aryl methyl sites for hydroxylation is 1. The van der Waals surface area contributed by atoms with E-state index in [2.05, 4.69) is 46.9 Å². The van der Waals surface area contributed by atoms with E-state index in [9.17, 15) is 8.42 Å². The predicted octanol–water partition coefficient (Wildman–Crippen LogP) is 6.46. The maximum absolute atomic E-state index is 12.4. The molecule has 0 fully saturated rings. The Hall–Kier alpha value is -1.17. The quantitative estimate of drug-likeness (QED) is 0.338. The molecule has 0 aromatic heterocycles. The van der Waals surface area contributed by atoms with Crippen LogP contribution in [0.5, 0.6) is 0 Å². The van der Waals surface area contributed by atoms with Crippen LogP contribution in [-0.2, 0) is 14.3 Å². The molecule has 3 nitrogen and oxygen atoms in total. The minimum Gasteiger partial charge on any atom is -0.413 e. The first kappa shape index (κ1) is 24.9. The molecule has 0 saturated carbocycles. The molecule has 0 bridgehead atoms. The summed E-state index contributed by atoms with van der Waals surface area (Å²) in [5.41, 5.74) is 3.40. The summed E-state index contributed by atoms with van der Waals surface area (Å²) in [4.78, 5) is 0.390. The monoisotopic (exact) mass is 422 g/mol. The minimum absolute atomic E-state index is 0.0546. The highest BCUT2D eigenvalue weighted by molar-refractivity contribution is 7.91. The Kier molecular flexibility index (Phi) is 8.91. The van der Waals surface area contributed by atoms with Crippen molar-refractivity contribution in [2.75, 3.05) is 12.4 Å². The number of hydrogen-bond acceptors (Lipinski definition) is 3. The summed E-state index contributed by atoms with van der Waals surface area (Å²) in [6.07, 6.45) is 5.81. The van der Waals surface area contributed by atoms with Gasteiger partial charge in [0, 0.05) is 0 Å². The number of hydrogen-bond donors (Lipinski definition) is 0. The fraction of sp³-hybridized carbons (Fsp3) is 0.565. The summed E-state index contributed by atoms with van der Waals surface area (Å²) in [5, 5.41) is 0.218. The van der Waals surface area contributed by atoms with Crippen LogP contribution in [0.2, 0.25) is 18.1 Å². The van der Waals surface area contributed by atoms with E-state index in [1.54, 1.807) is 12.1 Å². The van der Waals surface area contributed by atoms with Gasteiger partial charge >= 0.3 is 0 Å². The van der Waals surface area contributed by atoms with Gasteiger partial charge in [-0.2, -0.15) is 0 Å². The van der Waals surface area contributed by atoms with Crippen molar-refractivity contribution in [3.05, 3.63) is 53.1 Å². The van der Waals surface area contributed by atoms with Crippen molar-refractivity contribution in [1.82, 2.24) is 0 Å². The zero-order chi connectivity index (χ0) is 21.6. The summed E-state index contributed by atoms with van der Waals surface area (Å²) in [6.45, 7) is 18.0. The predicted molar refractivity (Wildman–Crippen MR) is 123 cm³/mol. The maximum Gasteiger partial charge on any atom is 0.192 e. The van der Waals surface area contributed by atoms with Crippen molar-refractivity contribution in [2.45, 2.75) is 77.4 Å². The van der Waals surface area contributed by atoms with Crippen LogP contribution in [-0.4, -0.2) is 29.1 Å². The molecule has 5 heteroatoms. The molecule has 1 aromatic rings. The molecular weight excluding hydrogens is 384 g/mol. The van der Waals surface area contributed by atoms with Gasteiger partial charge in [0.15, 0.2) is 18.2 Å². The highest BCUT2D eigenvalue weighted by atomic mass is 32.2. The molecule has 158 valence electrons. The summed E-state index contributed by atoms with van der Waals surface area (Å²) in [7, 11) is -4.98. The van der Waals surface area contributed by atoms with Crippen LogP contribution in [0.3, 0.4) is 0 Å². The Balaban J connectivity index is 2.53. The minimum atomic E-state index is -3.26. The Morgan fingerprint density at radius 1 is 1.04 bits per heavy atom. The standard InChI is InChI=1S/C23H38O3SSi/c1-19(16-17-27(24,25)22-14-12-20(2)13-15-22)10-9-11-21(3)18-26-28(7,8)23(4,5)6/h11-16H,9-10,17-18H2,1-8H3/b19-16+,21-11+. The third kappa shape index (κ3) is 8.06. The molecule has 1 rings (SSSR count). The number of rotatable bonds is 9. The third-order valence-corrected chi connectivity index (χ3v) is 11.6. The molecule has 0 aliphatic rings. The lowest BCUT2D eigenvalue weighted by Crippen LogP contribution is -2.41. The number of allylic oxidation sites excluding steroid dienone is 2. The highest BCUT2D eigenvalue weighted by Crippen LogP contribution is 2.36. The van der Waals surface area contributed by atoms with Gasteiger partial charge in [-0.05, 0) is 63.9 Å². The van der Waals surface area contributed by atoms with E-state index in [1.165, 1.54) is 5.57 Å². The van der Waals surface area contributed by atoms with Gasteiger partial charge in [-0.1, -0.05) is 61.8 Å². The molecule has 0 aliphatic heterocycles. The second kappa shape index (κ2) is 10.0. The van der Waals surface area contributed by atoms with Crippen LogP contribution >= 0.6 is 0 Å². The molecule has 0 radical (unpaired) electrons. The molecule has 0 spiro atoms. The largest absolute Gasteiger partial charge is 0.413 e. The van der Waals surface area contributed by atoms with Gasteiger partial charge in [-0.3, -0.25) is 0 Å². The molecule has 0 N–H and O–H groups in total. The van der Waals surface area contributed by atoms with Crippen LogP contribution in [0.25, 0.3) is 0 Å². The third-order valence-electron chi connectivity index (χ3n) is 5.53. The second-order valence-electron chi connectivity index (χ2n) is 9.28. The van der Waals surface area contributed by atoms with Crippen LogP contribution in [0.1, 0.15) is 53.0 Å². The smallest absolute Gasteiger partial charge is 0.192 e. The fourth-order valence-corrected chi connectivity index (χ4v) is 4.58. The summed E-state index contributed by atoms with van der Waals surface area (Å²) < 4.78 is 31.1. The molecule has 0 amide bonds. The zero-order valence-electron chi connectivity index (χ0n) is 18.9. The first-order valence-corrected chi connectivity index (χ1v) is 14.6. The molecule has 1 aromatic carbocycles. The Bertz CT molecular complexity index is 795. The molecule has 28 heavy (non-hydrogen) atoms. The number of sulfone groups is 1. The highest BCUT2D eigenvalue weighted by Gasteiger charge is 2.36. The molecule has 0 saturated heterocycles. The van der Waals surface area contributed by atoms with Crippen molar-refractivity contribution < 1.29 is 12.8 Å². The number of benzene rings is 1. The maximum atomic E-state index is 12.4. The molecule has 0 atom stereocenters. The molecule has 0 heterocycles. The lowest BCUT2D eigenvalue weighted by molar-refractivity contribution is 0.318. The van der Waals surface area contributed by atoms with E-state index in [0.29, 0.717) is 11.5 Å². The molecular formula is C23H38O3SSi. The van der Waals surface area contributed by atoms with Crippen LogP contribution in [0.15, 0.2) is 52.5 Å². The summed E-state index contributed by atoms with van der Waals surface area (Å²) in [6, 6.07) is 7.04. The van der Waals surface area contributed by atoms with Crippen molar-refractivity contribution in [3.8, 4) is 0 Å². The van der Waals surface area contributed by atoms with E-state index in [0.717, 1.165) is 24.0 Å². The first-order chi connectivity index (χ1) is 12.7. The fourth-order valence-electron chi connectivity index (χ4n) is 2.31. The van der Waals surface area contributed by atoms with Crippen molar-refractivity contribution >= 4 is 18.2 Å². The zero-order valence-corrected chi connectivity index (χ0v) is 20.7. The Labute approximate surface area is 173 Å². The van der Waals surface area contributed by atoms with Gasteiger partial charge in [0.1, 0.15) is 0 Å². The van der Waals surface area contributed by atoms with Gasteiger partial charge in [0.2, 0.25) is 0 Å². The van der Waals surface area contributed by atoms with E-state index in [1.807, 2.05) is 32.1 Å². The second-order valence-corrected chi connectivity index (χ2v) is 16.1. The van der Waals surface area contributed by atoms with E-state index in [4.69, 9.17) is 4.43 Å². The van der Waals surface area contributed by atoms with Crippen molar-refractivity contribution in [2.24, 2.45) is 0 Å². The summed E-state index contributed by atoms with van der Waals surface area (Å²) >= 11 is 0. The van der Waals surface area contributed by atoms with E-state index >= 15 is 0 Å².